The average molecular weight is 215 g/mol. The predicted octanol–water partition coefficient (Wildman–Crippen LogP) is 2.54. The number of benzene rings is 1. The summed E-state index contributed by atoms with van der Waals surface area (Å²) in [4.78, 5) is 10.7. The Bertz CT molecular complexity index is 374. The zero-order valence-corrected chi connectivity index (χ0v) is 8.67. The lowest BCUT2D eigenvalue weighted by atomic mass is 9.99. The van der Waals surface area contributed by atoms with Crippen LogP contribution in [0.2, 0.25) is 5.02 Å². The van der Waals surface area contributed by atoms with Crippen molar-refractivity contribution in [3.05, 3.63) is 28.3 Å². The van der Waals surface area contributed by atoms with E-state index in [1.165, 1.54) is 19.1 Å². The molecule has 0 saturated carbocycles. The van der Waals surface area contributed by atoms with E-state index < -0.39 is 11.9 Å². The van der Waals surface area contributed by atoms with Gasteiger partial charge in [-0.05, 0) is 31.5 Å². The fourth-order valence-electron chi connectivity index (χ4n) is 1.16. The maximum Gasteiger partial charge on any atom is 0.310 e. The van der Waals surface area contributed by atoms with Gasteiger partial charge in [-0.25, -0.2) is 0 Å². The number of carbonyl (C=O) groups is 1. The molecule has 0 saturated heterocycles. The fraction of sp³-hybridized carbons (Fsp3) is 0.300. The minimum atomic E-state index is -0.986. The van der Waals surface area contributed by atoms with E-state index >= 15 is 0 Å². The first-order valence-corrected chi connectivity index (χ1v) is 4.53. The van der Waals surface area contributed by atoms with Crippen LogP contribution in [0.4, 0.5) is 0 Å². The minimum Gasteiger partial charge on any atom is -0.508 e. The Balaban J connectivity index is 3.22. The summed E-state index contributed by atoms with van der Waals surface area (Å²) in [5.41, 5.74) is 1.07. The van der Waals surface area contributed by atoms with Crippen molar-refractivity contribution in [2.45, 2.75) is 19.8 Å². The summed E-state index contributed by atoms with van der Waals surface area (Å²) in [7, 11) is 0. The van der Waals surface area contributed by atoms with Crippen molar-refractivity contribution >= 4 is 17.6 Å². The largest absolute Gasteiger partial charge is 0.508 e. The van der Waals surface area contributed by atoms with E-state index in [0.717, 1.165) is 5.56 Å². The van der Waals surface area contributed by atoms with E-state index in [1.807, 2.05) is 0 Å². The van der Waals surface area contributed by atoms with Gasteiger partial charge < -0.3 is 10.2 Å². The highest BCUT2D eigenvalue weighted by atomic mass is 35.5. The standard InChI is InChI=1S/C10H11ClO3/c1-5-3-9(12)7(4-8(5)11)6(2)10(13)14/h3-4,6,12H,1-2H3,(H,13,14). The van der Waals surface area contributed by atoms with Crippen LogP contribution in [0.3, 0.4) is 0 Å². The number of aryl methyl sites for hydroxylation is 1. The molecule has 0 aromatic heterocycles. The smallest absolute Gasteiger partial charge is 0.310 e. The van der Waals surface area contributed by atoms with Crippen molar-refractivity contribution in [3.63, 3.8) is 0 Å². The highest BCUT2D eigenvalue weighted by molar-refractivity contribution is 6.31. The molecular weight excluding hydrogens is 204 g/mol. The second kappa shape index (κ2) is 3.88. The van der Waals surface area contributed by atoms with E-state index in [1.54, 1.807) is 6.92 Å². The SMILES string of the molecule is Cc1cc(O)c(C(C)C(=O)O)cc1Cl. The van der Waals surface area contributed by atoms with Gasteiger partial charge in [-0.2, -0.15) is 0 Å². The van der Waals surface area contributed by atoms with Crippen molar-refractivity contribution < 1.29 is 15.0 Å². The fourth-order valence-corrected chi connectivity index (χ4v) is 1.33. The topological polar surface area (TPSA) is 57.5 Å². The quantitative estimate of drug-likeness (QED) is 0.796. The van der Waals surface area contributed by atoms with Crippen LogP contribution in [0.25, 0.3) is 0 Å². The number of phenols is 1. The molecule has 14 heavy (non-hydrogen) atoms. The van der Waals surface area contributed by atoms with Crippen molar-refractivity contribution in [2.24, 2.45) is 0 Å². The van der Waals surface area contributed by atoms with Gasteiger partial charge in [0.15, 0.2) is 0 Å². The zero-order valence-electron chi connectivity index (χ0n) is 7.91. The van der Waals surface area contributed by atoms with E-state index in [9.17, 15) is 9.90 Å². The Morgan fingerprint density at radius 1 is 1.50 bits per heavy atom. The normalized spacial score (nSPS) is 12.5. The van der Waals surface area contributed by atoms with Gasteiger partial charge in [0.05, 0.1) is 5.92 Å². The highest BCUT2D eigenvalue weighted by Crippen LogP contribution is 2.31. The number of carboxylic acid groups (broad SMARTS) is 1. The van der Waals surface area contributed by atoms with Crippen LogP contribution in [0, 0.1) is 6.92 Å². The number of aliphatic carboxylic acids is 1. The van der Waals surface area contributed by atoms with Gasteiger partial charge in [0, 0.05) is 10.6 Å². The van der Waals surface area contributed by atoms with Crippen LogP contribution >= 0.6 is 11.6 Å². The van der Waals surface area contributed by atoms with Crippen LogP contribution in [0.5, 0.6) is 5.75 Å². The monoisotopic (exact) mass is 214 g/mol. The molecule has 0 fully saturated rings. The Labute approximate surface area is 86.9 Å². The van der Waals surface area contributed by atoms with E-state index in [2.05, 4.69) is 0 Å². The molecule has 0 spiro atoms. The second-order valence-corrected chi connectivity index (χ2v) is 3.63. The summed E-state index contributed by atoms with van der Waals surface area (Å²) in [5.74, 6) is -1.77. The number of aromatic hydroxyl groups is 1. The Morgan fingerprint density at radius 2 is 2.07 bits per heavy atom. The molecule has 3 nitrogen and oxygen atoms in total. The zero-order chi connectivity index (χ0) is 10.9. The second-order valence-electron chi connectivity index (χ2n) is 3.22. The van der Waals surface area contributed by atoms with Gasteiger partial charge in [0.1, 0.15) is 5.75 Å². The number of hydrogen-bond acceptors (Lipinski definition) is 2. The number of rotatable bonds is 2. The molecule has 1 rings (SSSR count). The van der Waals surface area contributed by atoms with Crippen molar-refractivity contribution in [3.8, 4) is 5.75 Å². The highest BCUT2D eigenvalue weighted by Gasteiger charge is 2.18. The van der Waals surface area contributed by atoms with E-state index in [4.69, 9.17) is 16.7 Å². The van der Waals surface area contributed by atoms with Crippen molar-refractivity contribution in [1.82, 2.24) is 0 Å². The van der Waals surface area contributed by atoms with Gasteiger partial charge in [0.25, 0.3) is 0 Å². The molecule has 0 heterocycles. The summed E-state index contributed by atoms with van der Waals surface area (Å²) in [6.07, 6.45) is 0. The summed E-state index contributed by atoms with van der Waals surface area (Å²) >= 11 is 5.83. The van der Waals surface area contributed by atoms with Gasteiger partial charge in [-0.1, -0.05) is 11.6 Å². The molecule has 1 atom stereocenters. The third-order valence-corrected chi connectivity index (χ3v) is 2.55. The maximum absolute atomic E-state index is 10.7. The van der Waals surface area contributed by atoms with Crippen LogP contribution < -0.4 is 0 Å². The van der Waals surface area contributed by atoms with Gasteiger partial charge in [0.2, 0.25) is 0 Å². The molecule has 0 aliphatic carbocycles. The molecule has 0 aliphatic rings. The molecule has 0 radical (unpaired) electrons. The molecule has 1 aromatic carbocycles. The lowest BCUT2D eigenvalue weighted by molar-refractivity contribution is -0.138. The predicted molar refractivity (Wildman–Crippen MR) is 53.9 cm³/mol. The van der Waals surface area contributed by atoms with Gasteiger partial charge in [-0.15, -0.1) is 0 Å². The lowest BCUT2D eigenvalue weighted by Crippen LogP contribution is -2.07. The number of carboxylic acids is 1. The Kier molecular flexibility index (Phi) is 3.01. The minimum absolute atomic E-state index is 0.0261. The molecule has 0 bridgehead atoms. The first-order chi connectivity index (χ1) is 6.43. The third-order valence-electron chi connectivity index (χ3n) is 2.14. The van der Waals surface area contributed by atoms with Gasteiger partial charge in [-0.3, -0.25) is 4.79 Å². The molecule has 0 amide bonds. The van der Waals surface area contributed by atoms with Crippen molar-refractivity contribution in [1.29, 1.82) is 0 Å². The molecular formula is C10H11ClO3. The molecule has 0 aliphatic heterocycles. The van der Waals surface area contributed by atoms with Crippen LogP contribution in [-0.2, 0) is 4.79 Å². The molecule has 2 N–H and O–H groups in total. The van der Waals surface area contributed by atoms with Crippen molar-refractivity contribution in [2.75, 3.05) is 0 Å². The first-order valence-electron chi connectivity index (χ1n) is 4.15. The van der Waals surface area contributed by atoms with Crippen LogP contribution in [0.15, 0.2) is 12.1 Å². The van der Waals surface area contributed by atoms with Crippen LogP contribution in [-0.4, -0.2) is 16.2 Å². The maximum atomic E-state index is 10.7. The summed E-state index contributed by atoms with van der Waals surface area (Å²) in [5, 5.41) is 18.7. The van der Waals surface area contributed by atoms with E-state index in [-0.39, 0.29) is 5.75 Å². The average Bonchev–Trinajstić information content (AvgIpc) is 2.10. The number of halogens is 1. The summed E-state index contributed by atoms with van der Waals surface area (Å²) < 4.78 is 0. The molecule has 4 heteroatoms. The summed E-state index contributed by atoms with van der Waals surface area (Å²) in [6, 6.07) is 2.96. The van der Waals surface area contributed by atoms with E-state index in [0.29, 0.717) is 10.6 Å². The van der Waals surface area contributed by atoms with Gasteiger partial charge >= 0.3 is 5.97 Å². The molecule has 1 unspecified atom stereocenters. The number of phenolic OH excluding ortho intramolecular Hbond substituents is 1. The van der Waals surface area contributed by atoms with Crippen LogP contribution in [0.1, 0.15) is 24.0 Å². The first kappa shape index (κ1) is 10.9. The Hall–Kier alpha value is -1.22. The number of hydrogen-bond donors (Lipinski definition) is 2. The lowest BCUT2D eigenvalue weighted by Gasteiger charge is -2.10. The summed E-state index contributed by atoms with van der Waals surface area (Å²) in [6.45, 7) is 3.25. The Morgan fingerprint density at radius 3 is 2.57 bits per heavy atom. The molecule has 76 valence electrons. The molecule has 1 aromatic rings. The third kappa shape index (κ3) is 1.99.